The number of thiazole rings is 1. The molecule has 0 bridgehead atoms. The predicted octanol–water partition coefficient (Wildman–Crippen LogP) is 5.56. The van der Waals surface area contributed by atoms with Crippen molar-refractivity contribution in [2.24, 2.45) is 0 Å². The van der Waals surface area contributed by atoms with E-state index in [1.807, 2.05) is 39.0 Å². The molecule has 0 aliphatic carbocycles. The number of aromatic nitrogens is 1. The first-order chi connectivity index (χ1) is 13.4. The van der Waals surface area contributed by atoms with Gasteiger partial charge in [-0.25, -0.2) is 4.98 Å². The molecule has 1 N–H and O–H groups in total. The summed E-state index contributed by atoms with van der Waals surface area (Å²) in [5, 5.41) is 4.03. The highest BCUT2D eigenvalue weighted by Gasteiger charge is 2.16. The molecule has 0 saturated carbocycles. The minimum absolute atomic E-state index is 0.228. The predicted molar refractivity (Wildman–Crippen MR) is 113 cm³/mol. The molecule has 0 radical (unpaired) electrons. The molecular formula is C21H21ClN2O3S. The highest BCUT2D eigenvalue weighted by Crippen LogP contribution is 2.28. The highest BCUT2D eigenvalue weighted by atomic mass is 35.5. The molecule has 7 heteroatoms. The van der Waals surface area contributed by atoms with E-state index in [-0.39, 0.29) is 5.91 Å². The molecule has 0 saturated heterocycles. The Hall–Kier alpha value is -2.57. The molecule has 3 aromatic rings. The number of hydrogen-bond donors (Lipinski definition) is 1. The Labute approximate surface area is 173 Å². The minimum Gasteiger partial charge on any atom is -0.495 e. The largest absolute Gasteiger partial charge is 0.495 e. The Morgan fingerprint density at radius 1 is 1.14 bits per heavy atom. The van der Waals surface area contributed by atoms with Gasteiger partial charge in [-0.1, -0.05) is 23.7 Å². The van der Waals surface area contributed by atoms with Crippen molar-refractivity contribution in [3.8, 4) is 11.5 Å². The van der Waals surface area contributed by atoms with Gasteiger partial charge in [0.15, 0.2) is 0 Å². The van der Waals surface area contributed by atoms with E-state index < -0.39 is 0 Å². The summed E-state index contributed by atoms with van der Waals surface area (Å²) in [5.74, 6) is 1.15. The highest BCUT2D eigenvalue weighted by molar-refractivity contribution is 7.13. The van der Waals surface area contributed by atoms with Crippen LogP contribution in [-0.2, 0) is 6.61 Å². The van der Waals surface area contributed by atoms with E-state index >= 15 is 0 Å². The van der Waals surface area contributed by atoms with Crippen LogP contribution in [0.25, 0.3) is 0 Å². The van der Waals surface area contributed by atoms with Gasteiger partial charge in [-0.3, -0.25) is 4.79 Å². The summed E-state index contributed by atoms with van der Waals surface area (Å²) in [6.45, 7) is 6.15. The summed E-state index contributed by atoms with van der Waals surface area (Å²) in [5.41, 5.74) is 3.46. The van der Waals surface area contributed by atoms with Gasteiger partial charge in [0.1, 0.15) is 28.0 Å². The van der Waals surface area contributed by atoms with Gasteiger partial charge in [-0.05, 0) is 56.2 Å². The summed E-state index contributed by atoms with van der Waals surface area (Å²) in [7, 11) is 1.54. The van der Waals surface area contributed by atoms with Crippen LogP contribution in [0.3, 0.4) is 0 Å². The smallest absolute Gasteiger partial charge is 0.267 e. The van der Waals surface area contributed by atoms with Crippen molar-refractivity contribution in [1.82, 2.24) is 4.98 Å². The lowest BCUT2D eigenvalue weighted by atomic mass is 10.1. The average molecular weight is 417 g/mol. The number of halogens is 1. The topological polar surface area (TPSA) is 60.5 Å². The van der Waals surface area contributed by atoms with E-state index in [9.17, 15) is 4.79 Å². The Balaban J connectivity index is 1.70. The zero-order chi connectivity index (χ0) is 20.3. The number of carbonyl (C=O) groups is 1. The molecule has 3 rings (SSSR count). The van der Waals surface area contributed by atoms with Crippen LogP contribution in [0.5, 0.6) is 11.5 Å². The van der Waals surface area contributed by atoms with Gasteiger partial charge in [0, 0.05) is 5.69 Å². The average Bonchev–Trinajstić information content (AvgIpc) is 3.03. The molecule has 0 atom stereocenters. The lowest BCUT2D eigenvalue weighted by Crippen LogP contribution is -2.11. The number of nitrogens with one attached hydrogen (secondary N) is 1. The van der Waals surface area contributed by atoms with Gasteiger partial charge in [0.25, 0.3) is 5.91 Å². The second kappa shape index (κ2) is 8.63. The molecule has 0 aliphatic heterocycles. The van der Waals surface area contributed by atoms with Gasteiger partial charge in [-0.15, -0.1) is 11.3 Å². The number of hydrogen-bond acceptors (Lipinski definition) is 5. The van der Waals surface area contributed by atoms with Crippen molar-refractivity contribution in [3.05, 3.63) is 68.1 Å². The first kappa shape index (κ1) is 20.2. The van der Waals surface area contributed by atoms with E-state index in [0.29, 0.717) is 33.6 Å². The Morgan fingerprint density at radius 3 is 2.64 bits per heavy atom. The van der Waals surface area contributed by atoms with Gasteiger partial charge >= 0.3 is 0 Å². The second-order valence-corrected chi connectivity index (χ2v) is 7.87. The van der Waals surface area contributed by atoms with Crippen LogP contribution in [0.2, 0.25) is 5.02 Å². The number of methoxy groups -OCH3 is 1. The van der Waals surface area contributed by atoms with Crippen LogP contribution in [0.4, 0.5) is 5.69 Å². The number of nitrogens with zero attached hydrogens (tertiary/aromatic N) is 1. The molecule has 0 unspecified atom stereocenters. The lowest BCUT2D eigenvalue weighted by molar-refractivity contribution is 0.103. The number of amides is 1. The number of aryl methyl sites for hydroxylation is 3. The fourth-order valence-electron chi connectivity index (χ4n) is 2.66. The van der Waals surface area contributed by atoms with E-state index in [0.717, 1.165) is 21.9 Å². The maximum atomic E-state index is 12.6. The van der Waals surface area contributed by atoms with Crippen molar-refractivity contribution in [1.29, 1.82) is 0 Å². The molecule has 28 heavy (non-hydrogen) atoms. The number of ether oxygens (including phenoxy) is 2. The third kappa shape index (κ3) is 4.64. The molecule has 146 valence electrons. The van der Waals surface area contributed by atoms with Crippen LogP contribution < -0.4 is 14.8 Å². The summed E-state index contributed by atoms with van der Waals surface area (Å²) in [6.07, 6.45) is 0. The fourth-order valence-corrected chi connectivity index (χ4v) is 3.79. The van der Waals surface area contributed by atoms with Crippen LogP contribution in [0.1, 0.15) is 31.5 Å². The number of anilines is 1. The Kier molecular flexibility index (Phi) is 6.21. The van der Waals surface area contributed by atoms with Crippen LogP contribution in [0.15, 0.2) is 36.4 Å². The second-order valence-electron chi connectivity index (χ2n) is 6.38. The standard InChI is InChI=1S/C21H21ClN2O3S/c1-12-5-6-13(2)18(9-12)27-11-19-23-14(3)20(28-19)21(25)24-15-7-8-17(26-4)16(22)10-15/h5-10H,11H2,1-4H3,(H,24,25). The van der Waals surface area contributed by atoms with Gasteiger partial charge < -0.3 is 14.8 Å². The normalized spacial score (nSPS) is 10.6. The minimum atomic E-state index is -0.228. The monoisotopic (exact) mass is 416 g/mol. The maximum absolute atomic E-state index is 12.6. The first-order valence-electron chi connectivity index (χ1n) is 8.68. The van der Waals surface area contributed by atoms with E-state index in [2.05, 4.69) is 10.3 Å². The van der Waals surface area contributed by atoms with E-state index in [1.165, 1.54) is 11.3 Å². The molecule has 2 aromatic carbocycles. The zero-order valence-corrected chi connectivity index (χ0v) is 17.7. The number of rotatable bonds is 6. The van der Waals surface area contributed by atoms with Crippen molar-refractivity contribution in [2.45, 2.75) is 27.4 Å². The molecule has 0 fully saturated rings. The van der Waals surface area contributed by atoms with Gasteiger partial charge in [0.05, 0.1) is 17.8 Å². The number of benzene rings is 2. The summed E-state index contributed by atoms with van der Waals surface area (Å²) < 4.78 is 11.0. The summed E-state index contributed by atoms with van der Waals surface area (Å²) in [6, 6.07) is 11.2. The Bertz CT molecular complexity index is 1020. The zero-order valence-electron chi connectivity index (χ0n) is 16.1. The molecule has 0 spiro atoms. The van der Waals surface area contributed by atoms with Crippen molar-refractivity contribution in [2.75, 3.05) is 12.4 Å². The van der Waals surface area contributed by atoms with Crippen LogP contribution in [0, 0.1) is 20.8 Å². The van der Waals surface area contributed by atoms with Crippen molar-refractivity contribution in [3.63, 3.8) is 0 Å². The van der Waals surface area contributed by atoms with Crippen molar-refractivity contribution >= 4 is 34.5 Å². The first-order valence-corrected chi connectivity index (χ1v) is 9.88. The van der Waals surface area contributed by atoms with E-state index in [1.54, 1.807) is 25.3 Å². The molecule has 5 nitrogen and oxygen atoms in total. The van der Waals surface area contributed by atoms with E-state index in [4.69, 9.17) is 21.1 Å². The third-order valence-corrected chi connectivity index (χ3v) is 5.58. The summed E-state index contributed by atoms with van der Waals surface area (Å²) >= 11 is 7.44. The third-order valence-electron chi connectivity index (χ3n) is 4.15. The molecule has 1 aromatic heterocycles. The molecule has 0 aliphatic rings. The quantitative estimate of drug-likeness (QED) is 0.571. The lowest BCUT2D eigenvalue weighted by Gasteiger charge is -2.08. The SMILES string of the molecule is COc1ccc(NC(=O)c2sc(COc3cc(C)ccc3C)nc2C)cc1Cl. The Morgan fingerprint density at radius 2 is 1.93 bits per heavy atom. The fraction of sp³-hybridized carbons (Fsp3) is 0.238. The molecule has 1 amide bonds. The summed E-state index contributed by atoms with van der Waals surface area (Å²) in [4.78, 5) is 17.7. The molecule has 1 heterocycles. The number of carbonyl (C=O) groups excluding carboxylic acids is 1. The van der Waals surface area contributed by atoms with Crippen molar-refractivity contribution < 1.29 is 14.3 Å². The van der Waals surface area contributed by atoms with Gasteiger partial charge in [0.2, 0.25) is 0 Å². The van der Waals surface area contributed by atoms with Gasteiger partial charge in [-0.2, -0.15) is 0 Å². The van der Waals surface area contributed by atoms with Crippen LogP contribution >= 0.6 is 22.9 Å². The maximum Gasteiger partial charge on any atom is 0.267 e. The molecular weight excluding hydrogens is 396 g/mol. The van der Waals surface area contributed by atoms with Crippen LogP contribution in [-0.4, -0.2) is 18.0 Å².